The Bertz CT molecular complexity index is 553. The first-order valence-corrected chi connectivity index (χ1v) is 7.26. The summed E-state index contributed by atoms with van der Waals surface area (Å²) in [5, 5.41) is 17.2. The molecule has 6 nitrogen and oxygen atoms in total. The largest absolute Gasteiger partial charge is 0.382 e. The fourth-order valence-electron chi connectivity index (χ4n) is 2.23. The van der Waals surface area contributed by atoms with Crippen LogP contribution in [0, 0.1) is 17.1 Å². The number of nitrogens with one attached hydrogen (secondary N) is 3. The van der Waals surface area contributed by atoms with Crippen molar-refractivity contribution in [3.05, 3.63) is 29.6 Å². The number of halogens is 1. The summed E-state index contributed by atoms with van der Waals surface area (Å²) in [6.07, 6.45) is 2.11. The molecule has 1 atom stereocenters. The molecule has 0 aliphatic carbocycles. The molecule has 118 valence electrons. The predicted octanol–water partition coefficient (Wildman–Crippen LogP) is 1.59. The second-order valence-corrected chi connectivity index (χ2v) is 4.97. The van der Waals surface area contributed by atoms with Gasteiger partial charge < -0.3 is 20.7 Å². The molecule has 2 rings (SSSR count). The number of carbonyl (C=O) groups is 1. The standard InChI is InChI=1S/C15H19FN4O2/c16-13-4-1-5-14(12(13)9-17)18-6-7-19-15(21)20-10-11-3-2-8-22-11/h1,4-5,11,18H,2-3,6-8,10H2,(H2,19,20,21). The van der Waals surface area contributed by atoms with Crippen LogP contribution < -0.4 is 16.0 Å². The van der Waals surface area contributed by atoms with Crippen LogP contribution in [0.1, 0.15) is 18.4 Å². The Kier molecular flexibility index (Phi) is 5.98. The van der Waals surface area contributed by atoms with Gasteiger partial charge in [0.25, 0.3) is 0 Å². The maximum atomic E-state index is 13.4. The van der Waals surface area contributed by atoms with Gasteiger partial charge in [-0.25, -0.2) is 9.18 Å². The number of amides is 2. The summed E-state index contributed by atoms with van der Waals surface area (Å²) in [5.41, 5.74) is 0.398. The number of ether oxygens (including phenoxy) is 1. The third kappa shape index (κ3) is 4.60. The highest BCUT2D eigenvalue weighted by Gasteiger charge is 2.15. The lowest BCUT2D eigenvalue weighted by molar-refractivity contribution is 0.111. The molecule has 0 spiro atoms. The van der Waals surface area contributed by atoms with Crippen molar-refractivity contribution < 1.29 is 13.9 Å². The van der Waals surface area contributed by atoms with E-state index in [2.05, 4.69) is 16.0 Å². The summed E-state index contributed by atoms with van der Waals surface area (Å²) in [7, 11) is 0. The molecular formula is C15H19FN4O2. The van der Waals surface area contributed by atoms with Crippen LogP contribution in [0.4, 0.5) is 14.9 Å². The van der Waals surface area contributed by atoms with Crippen LogP contribution >= 0.6 is 0 Å². The van der Waals surface area contributed by atoms with Crippen LogP contribution in [0.25, 0.3) is 0 Å². The van der Waals surface area contributed by atoms with E-state index in [-0.39, 0.29) is 17.7 Å². The second-order valence-electron chi connectivity index (χ2n) is 4.97. The smallest absolute Gasteiger partial charge is 0.314 e. The van der Waals surface area contributed by atoms with Crippen LogP contribution in [0.5, 0.6) is 0 Å². The predicted molar refractivity (Wildman–Crippen MR) is 80.0 cm³/mol. The van der Waals surface area contributed by atoms with E-state index in [1.165, 1.54) is 12.1 Å². The molecule has 22 heavy (non-hydrogen) atoms. The Morgan fingerprint density at radius 1 is 1.41 bits per heavy atom. The Balaban J connectivity index is 1.65. The Morgan fingerprint density at radius 3 is 3.00 bits per heavy atom. The van der Waals surface area contributed by atoms with Crippen molar-refractivity contribution in [3.8, 4) is 6.07 Å². The van der Waals surface area contributed by atoms with Gasteiger partial charge in [-0.1, -0.05) is 6.07 Å². The summed E-state index contributed by atoms with van der Waals surface area (Å²) in [5.74, 6) is -0.560. The number of rotatable bonds is 6. The molecule has 0 radical (unpaired) electrons. The maximum Gasteiger partial charge on any atom is 0.314 e. The Morgan fingerprint density at radius 2 is 2.27 bits per heavy atom. The monoisotopic (exact) mass is 306 g/mol. The molecule has 1 aliphatic heterocycles. The highest BCUT2D eigenvalue weighted by molar-refractivity contribution is 5.73. The van der Waals surface area contributed by atoms with E-state index in [0.717, 1.165) is 19.4 Å². The molecule has 0 saturated carbocycles. The lowest BCUT2D eigenvalue weighted by atomic mass is 10.2. The van der Waals surface area contributed by atoms with E-state index in [1.807, 2.05) is 6.07 Å². The molecule has 1 unspecified atom stereocenters. The molecule has 1 aromatic carbocycles. The number of benzene rings is 1. The minimum absolute atomic E-state index is 0.0228. The molecule has 0 aromatic heterocycles. The van der Waals surface area contributed by atoms with Gasteiger partial charge >= 0.3 is 6.03 Å². The average Bonchev–Trinajstić information content (AvgIpc) is 3.03. The van der Waals surface area contributed by atoms with E-state index in [4.69, 9.17) is 10.00 Å². The topological polar surface area (TPSA) is 86.2 Å². The average molecular weight is 306 g/mol. The number of urea groups is 1. The molecule has 1 saturated heterocycles. The number of hydrogen-bond acceptors (Lipinski definition) is 4. The number of hydrogen-bond donors (Lipinski definition) is 3. The van der Waals surface area contributed by atoms with Crippen molar-refractivity contribution in [3.63, 3.8) is 0 Å². The molecule has 1 aromatic rings. The third-order valence-electron chi connectivity index (χ3n) is 3.37. The Hall–Kier alpha value is -2.33. The lowest BCUT2D eigenvalue weighted by Crippen LogP contribution is -2.41. The zero-order chi connectivity index (χ0) is 15.8. The van der Waals surface area contributed by atoms with Crippen molar-refractivity contribution >= 4 is 11.7 Å². The molecule has 1 aliphatic rings. The first-order chi connectivity index (χ1) is 10.7. The van der Waals surface area contributed by atoms with Gasteiger partial charge in [-0.05, 0) is 25.0 Å². The van der Waals surface area contributed by atoms with Gasteiger partial charge in [0.05, 0.1) is 11.8 Å². The van der Waals surface area contributed by atoms with Crippen molar-refractivity contribution in [1.29, 1.82) is 5.26 Å². The summed E-state index contributed by atoms with van der Waals surface area (Å²) >= 11 is 0. The first kappa shape index (κ1) is 16.0. The fourth-order valence-corrected chi connectivity index (χ4v) is 2.23. The summed E-state index contributed by atoms with van der Waals surface area (Å²) < 4.78 is 18.8. The minimum Gasteiger partial charge on any atom is -0.382 e. The van der Waals surface area contributed by atoms with E-state index < -0.39 is 5.82 Å². The van der Waals surface area contributed by atoms with Gasteiger partial charge in [0.2, 0.25) is 0 Å². The quantitative estimate of drug-likeness (QED) is 0.697. The van der Waals surface area contributed by atoms with Gasteiger partial charge in [0, 0.05) is 26.2 Å². The first-order valence-electron chi connectivity index (χ1n) is 7.26. The molecular weight excluding hydrogens is 287 g/mol. The minimum atomic E-state index is -0.560. The molecule has 3 N–H and O–H groups in total. The van der Waals surface area contributed by atoms with Gasteiger partial charge in [0.1, 0.15) is 17.4 Å². The van der Waals surface area contributed by atoms with Crippen molar-refractivity contribution in [2.75, 3.05) is 31.6 Å². The Labute approximate surface area is 128 Å². The van der Waals surface area contributed by atoms with Gasteiger partial charge in [-0.15, -0.1) is 0 Å². The zero-order valence-corrected chi connectivity index (χ0v) is 12.2. The number of carbonyl (C=O) groups excluding carboxylic acids is 1. The van der Waals surface area contributed by atoms with Crippen molar-refractivity contribution in [2.24, 2.45) is 0 Å². The number of anilines is 1. The van der Waals surface area contributed by atoms with Crippen molar-refractivity contribution in [1.82, 2.24) is 10.6 Å². The van der Waals surface area contributed by atoms with Crippen LogP contribution in [0.15, 0.2) is 18.2 Å². The molecule has 1 heterocycles. The summed E-state index contributed by atoms with van der Waals surface area (Å²) in [6.45, 7) is 2.01. The summed E-state index contributed by atoms with van der Waals surface area (Å²) in [6, 6.07) is 5.94. The zero-order valence-electron chi connectivity index (χ0n) is 12.2. The van der Waals surface area contributed by atoms with Crippen LogP contribution in [0.2, 0.25) is 0 Å². The molecule has 1 fully saturated rings. The second kappa shape index (κ2) is 8.20. The number of nitriles is 1. The molecule has 2 amide bonds. The molecule has 7 heteroatoms. The highest BCUT2D eigenvalue weighted by Crippen LogP contribution is 2.17. The van der Waals surface area contributed by atoms with E-state index in [1.54, 1.807) is 6.07 Å². The SMILES string of the molecule is N#Cc1c(F)cccc1NCCNC(=O)NCC1CCCO1. The normalized spacial score (nSPS) is 16.8. The van der Waals surface area contributed by atoms with Gasteiger partial charge in [0.15, 0.2) is 0 Å². The highest BCUT2D eigenvalue weighted by atomic mass is 19.1. The maximum absolute atomic E-state index is 13.4. The van der Waals surface area contributed by atoms with Gasteiger partial charge in [-0.3, -0.25) is 0 Å². The summed E-state index contributed by atoms with van der Waals surface area (Å²) in [4.78, 5) is 11.6. The van der Waals surface area contributed by atoms with E-state index >= 15 is 0 Å². The van der Waals surface area contributed by atoms with Crippen LogP contribution in [-0.4, -0.2) is 38.4 Å². The third-order valence-corrected chi connectivity index (χ3v) is 3.37. The van der Waals surface area contributed by atoms with Crippen LogP contribution in [-0.2, 0) is 4.74 Å². The van der Waals surface area contributed by atoms with E-state index in [9.17, 15) is 9.18 Å². The van der Waals surface area contributed by atoms with Gasteiger partial charge in [-0.2, -0.15) is 5.26 Å². The van der Waals surface area contributed by atoms with E-state index in [0.29, 0.717) is 25.3 Å². The van der Waals surface area contributed by atoms with Crippen LogP contribution in [0.3, 0.4) is 0 Å². The number of nitrogens with zero attached hydrogens (tertiary/aromatic N) is 1. The fraction of sp³-hybridized carbons (Fsp3) is 0.467. The molecule has 0 bridgehead atoms. The lowest BCUT2D eigenvalue weighted by Gasteiger charge is -2.12. The van der Waals surface area contributed by atoms with Crippen molar-refractivity contribution in [2.45, 2.75) is 18.9 Å².